The first-order valence-corrected chi connectivity index (χ1v) is 14.5. The molecule has 1 amide bonds. The summed E-state index contributed by atoms with van der Waals surface area (Å²) in [6.45, 7) is 2.93. The Morgan fingerprint density at radius 2 is 1.88 bits per heavy atom. The molecule has 1 atom stereocenters. The van der Waals surface area contributed by atoms with E-state index in [1.807, 2.05) is 18.2 Å². The maximum Gasteiger partial charge on any atom is 0.290 e. The van der Waals surface area contributed by atoms with Crippen LogP contribution in [0.3, 0.4) is 0 Å². The van der Waals surface area contributed by atoms with Gasteiger partial charge in [0.05, 0.1) is 35.8 Å². The van der Waals surface area contributed by atoms with Crippen LogP contribution in [0.1, 0.15) is 59.8 Å². The number of halogens is 3. The second-order valence-corrected chi connectivity index (χ2v) is 11.3. The second kappa shape index (κ2) is 13.6. The molecular formula is C30H33ClF2N4O5. The van der Waals surface area contributed by atoms with Gasteiger partial charge in [0, 0.05) is 12.6 Å². The second-order valence-electron chi connectivity index (χ2n) is 10.9. The number of likely N-dealkylation sites (tertiary alicyclic amines) is 2. The molecule has 6 rings (SSSR count). The highest BCUT2D eigenvalue weighted by molar-refractivity contribution is 6.33. The molecule has 1 N–H and O–H groups in total. The Morgan fingerprint density at radius 1 is 1.14 bits per heavy atom. The fourth-order valence-electron chi connectivity index (χ4n) is 5.43. The predicted octanol–water partition coefficient (Wildman–Crippen LogP) is 5.58. The number of aromatic nitrogens is 2. The van der Waals surface area contributed by atoms with E-state index >= 15 is 4.39 Å². The van der Waals surface area contributed by atoms with Crippen molar-refractivity contribution in [2.75, 3.05) is 32.8 Å². The smallest absolute Gasteiger partial charge is 0.290 e. The topological polar surface area (TPSA) is 109 Å². The molecule has 1 saturated carbocycles. The minimum atomic E-state index is -1.04. The van der Waals surface area contributed by atoms with Gasteiger partial charge in [-0.25, -0.2) is 8.78 Å². The lowest BCUT2D eigenvalue weighted by Crippen LogP contribution is -2.35. The maximum absolute atomic E-state index is 15.0. The highest BCUT2D eigenvalue weighted by Gasteiger charge is 2.33. The van der Waals surface area contributed by atoms with Gasteiger partial charge >= 0.3 is 0 Å². The van der Waals surface area contributed by atoms with Gasteiger partial charge in [0.1, 0.15) is 17.7 Å². The number of carboxylic acid groups (broad SMARTS) is 1. The van der Waals surface area contributed by atoms with E-state index in [0.29, 0.717) is 54.5 Å². The number of nitrogens with zero attached hydrogens (tertiary/aromatic N) is 4. The Bertz CT molecular complexity index is 1390. The average Bonchev–Trinajstić information content (AvgIpc) is 3.57. The Balaban J connectivity index is 0.00000113. The number of carbonyl (C=O) groups is 2. The Morgan fingerprint density at radius 3 is 2.55 bits per heavy atom. The molecule has 224 valence electrons. The number of carbonyl (C=O) groups excluding carboxylic acids is 1. The molecule has 9 nitrogen and oxygen atoms in total. The molecule has 0 spiro atoms. The van der Waals surface area contributed by atoms with Gasteiger partial charge in [-0.3, -0.25) is 14.5 Å². The quantitative estimate of drug-likeness (QED) is 0.333. The van der Waals surface area contributed by atoms with Crippen LogP contribution in [0.5, 0.6) is 5.75 Å². The standard InChI is InChI=1S/C29H31ClF2N4O3.CH2O2/c30-24-4-2-1-3-21(24)28-33-27(34-39-28)16-35-10-7-18(8-11-35)17-38-26-14-25(32)23(13-22(26)19-5-6-19)29(37)36-12-9-20(31)15-36;2-1-3/h1-4,13-14,18-20H,5-12,15-17H2;1H,(H,2,3). The van der Waals surface area contributed by atoms with Crippen LogP contribution in [0.2, 0.25) is 5.02 Å². The lowest BCUT2D eigenvalue weighted by molar-refractivity contribution is -0.122. The molecule has 1 aliphatic carbocycles. The predicted molar refractivity (Wildman–Crippen MR) is 151 cm³/mol. The van der Waals surface area contributed by atoms with Crippen LogP contribution in [0.25, 0.3) is 11.5 Å². The molecule has 2 saturated heterocycles. The third kappa shape index (κ3) is 7.25. The van der Waals surface area contributed by atoms with Crippen molar-refractivity contribution >= 4 is 24.0 Å². The first-order valence-electron chi connectivity index (χ1n) is 14.1. The number of rotatable bonds is 8. The third-order valence-electron chi connectivity index (χ3n) is 7.88. The lowest BCUT2D eigenvalue weighted by Gasteiger charge is -2.31. The Labute approximate surface area is 247 Å². The van der Waals surface area contributed by atoms with E-state index in [4.69, 9.17) is 30.8 Å². The molecule has 0 radical (unpaired) electrons. The molecule has 42 heavy (non-hydrogen) atoms. The maximum atomic E-state index is 15.0. The van der Waals surface area contributed by atoms with Gasteiger partial charge < -0.3 is 19.3 Å². The molecule has 2 aromatic carbocycles. The highest BCUT2D eigenvalue weighted by atomic mass is 35.5. The molecular weight excluding hydrogens is 570 g/mol. The van der Waals surface area contributed by atoms with E-state index in [1.165, 1.54) is 11.0 Å². The van der Waals surface area contributed by atoms with Crippen LogP contribution in [-0.2, 0) is 11.3 Å². The van der Waals surface area contributed by atoms with Crippen LogP contribution in [0.4, 0.5) is 8.78 Å². The largest absolute Gasteiger partial charge is 0.493 e. The zero-order chi connectivity index (χ0) is 29.6. The summed E-state index contributed by atoms with van der Waals surface area (Å²) in [5.74, 6) is 1.14. The molecule has 3 aromatic rings. The number of hydrogen-bond acceptors (Lipinski definition) is 7. The molecule has 1 unspecified atom stereocenters. The number of hydrogen-bond donors (Lipinski definition) is 1. The summed E-state index contributed by atoms with van der Waals surface area (Å²) >= 11 is 6.24. The summed E-state index contributed by atoms with van der Waals surface area (Å²) in [7, 11) is 0. The van der Waals surface area contributed by atoms with Gasteiger partial charge in [-0.05, 0) is 80.8 Å². The molecule has 12 heteroatoms. The van der Waals surface area contributed by atoms with Crippen molar-refractivity contribution in [1.29, 1.82) is 0 Å². The van der Waals surface area contributed by atoms with Gasteiger partial charge in [0.25, 0.3) is 18.3 Å². The Kier molecular flexibility index (Phi) is 9.69. The van der Waals surface area contributed by atoms with Crippen molar-refractivity contribution in [3.8, 4) is 17.2 Å². The molecule has 3 aliphatic rings. The minimum Gasteiger partial charge on any atom is -0.493 e. The van der Waals surface area contributed by atoms with Crippen molar-refractivity contribution < 1.29 is 32.7 Å². The lowest BCUT2D eigenvalue weighted by atomic mass is 9.97. The SMILES string of the molecule is O=C(c1cc(C2CC2)c(OCC2CCN(Cc3noc(-c4ccccc4Cl)n3)CC2)cc1F)N1CCC(F)C1.O=CO. The van der Waals surface area contributed by atoms with Crippen molar-refractivity contribution in [3.63, 3.8) is 0 Å². The fraction of sp³-hybridized carbons (Fsp3) is 0.467. The summed E-state index contributed by atoms with van der Waals surface area (Å²) in [5, 5.41) is 11.6. The van der Waals surface area contributed by atoms with Gasteiger partial charge in [-0.15, -0.1) is 0 Å². The highest BCUT2D eigenvalue weighted by Crippen LogP contribution is 2.45. The summed E-state index contributed by atoms with van der Waals surface area (Å²) < 4.78 is 40.2. The monoisotopic (exact) mass is 602 g/mol. The van der Waals surface area contributed by atoms with Gasteiger partial charge in [0.15, 0.2) is 5.82 Å². The zero-order valence-electron chi connectivity index (χ0n) is 23.1. The minimum absolute atomic E-state index is 0.0193. The number of ether oxygens (including phenoxy) is 1. The van der Waals surface area contributed by atoms with E-state index in [2.05, 4.69) is 15.0 Å². The van der Waals surface area contributed by atoms with Gasteiger partial charge in [0.2, 0.25) is 0 Å². The number of alkyl halides is 1. The summed E-state index contributed by atoms with van der Waals surface area (Å²) in [6, 6.07) is 10.4. The molecule has 3 fully saturated rings. The summed E-state index contributed by atoms with van der Waals surface area (Å²) in [6.07, 6.45) is 3.14. The van der Waals surface area contributed by atoms with E-state index in [-0.39, 0.29) is 24.5 Å². The van der Waals surface area contributed by atoms with Crippen LogP contribution in [0, 0.1) is 11.7 Å². The average molecular weight is 603 g/mol. The van der Waals surface area contributed by atoms with E-state index in [9.17, 15) is 9.18 Å². The van der Waals surface area contributed by atoms with Gasteiger partial charge in [-0.2, -0.15) is 4.98 Å². The van der Waals surface area contributed by atoms with Crippen molar-refractivity contribution in [1.82, 2.24) is 19.9 Å². The van der Waals surface area contributed by atoms with E-state index < -0.39 is 17.9 Å². The van der Waals surface area contributed by atoms with Gasteiger partial charge in [-0.1, -0.05) is 28.9 Å². The van der Waals surface area contributed by atoms with E-state index in [1.54, 1.807) is 12.1 Å². The number of piperidine rings is 1. The number of benzene rings is 2. The first-order chi connectivity index (χ1) is 20.4. The molecule has 0 bridgehead atoms. The summed E-state index contributed by atoms with van der Waals surface area (Å²) in [5.41, 5.74) is 1.63. The van der Waals surface area contributed by atoms with Crippen molar-refractivity contribution in [3.05, 3.63) is 64.2 Å². The van der Waals surface area contributed by atoms with Crippen LogP contribution < -0.4 is 4.74 Å². The third-order valence-corrected chi connectivity index (χ3v) is 8.21. The van der Waals surface area contributed by atoms with Crippen molar-refractivity contribution in [2.45, 2.75) is 50.7 Å². The molecule has 2 aliphatic heterocycles. The zero-order valence-corrected chi connectivity index (χ0v) is 23.8. The summed E-state index contributed by atoms with van der Waals surface area (Å²) in [4.78, 5) is 29.4. The Hall–Kier alpha value is -3.57. The van der Waals surface area contributed by atoms with Crippen LogP contribution in [0.15, 0.2) is 40.9 Å². The van der Waals surface area contributed by atoms with Crippen LogP contribution >= 0.6 is 11.6 Å². The molecule has 1 aromatic heterocycles. The van der Waals surface area contributed by atoms with Crippen molar-refractivity contribution in [2.24, 2.45) is 5.92 Å². The van der Waals surface area contributed by atoms with E-state index in [0.717, 1.165) is 49.9 Å². The number of amides is 1. The fourth-order valence-corrected chi connectivity index (χ4v) is 5.64. The van der Waals surface area contributed by atoms with Crippen LogP contribution in [-0.4, -0.2) is 76.4 Å². The molecule has 3 heterocycles. The normalized spacial score (nSPS) is 19.3. The first kappa shape index (κ1) is 29.9.